The van der Waals surface area contributed by atoms with Gasteiger partial charge in [-0.2, -0.15) is 5.11 Å². The SMILES string of the molecule is CC(=O)C(N=Nc1ccccc1)=P(/C=C/c1ccccc1)(c1ccccc1)c1ccccc1. The van der Waals surface area contributed by atoms with Crippen LogP contribution >= 0.6 is 6.89 Å². The third kappa shape index (κ3) is 5.16. The summed E-state index contributed by atoms with van der Waals surface area (Å²) in [6, 6.07) is 40.0. The third-order valence-electron chi connectivity index (χ3n) is 5.28. The first-order valence-corrected chi connectivity index (χ1v) is 12.7. The summed E-state index contributed by atoms with van der Waals surface area (Å²) in [6.07, 6.45) is 2.09. The van der Waals surface area contributed by atoms with Crippen LogP contribution in [0.4, 0.5) is 5.69 Å². The molecule has 0 fully saturated rings. The maximum atomic E-state index is 13.2. The van der Waals surface area contributed by atoms with E-state index in [2.05, 4.69) is 58.5 Å². The van der Waals surface area contributed by atoms with E-state index in [-0.39, 0.29) is 5.78 Å². The first-order chi connectivity index (χ1) is 16.2. The highest BCUT2D eigenvalue weighted by Crippen LogP contribution is 2.50. The van der Waals surface area contributed by atoms with Crippen molar-refractivity contribution < 1.29 is 4.79 Å². The fraction of sp³-hybridized carbons (Fsp3) is 0.0345. The molecule has 0 aromatic heterocycles. The molecule has 0 aliphatic carbocycles. The van der Waals surface area contributed by atoms with Gasteiger partial charge in [0, 0.05) is 13.8 Å². The van der Waals surface area contributed by atoms with Crippen molar-refractivity contribution in [3.8, 4) is 0 Å². The van der Waals surface area contributed by atoms with Crippen LogP contribution in [0.25, 0.3) is 6.08 Å². The van der Waals surface area contributed by atoms with E-state index in [4.69, 9.17) is 0 Å². The third-order valence-corrected chi connectivity index (χ3v) is 9.18. The van der Waals surface area contributed by atoms with Gasteiger partial charge in [0.2, 0.25) is 0 Å². The predicted octanol–water partition coefficient (Wildman–Crippen LogP) is 6.83. The molecule has 162 valence electrons. The van der Waals surface area contributed by atoms with E-state index in [0.29, 0.717) is 11.1 Å². The first-order valence-electron chi connectivity index (χ1n) is 10.8. The van der Waals surface area contributed by atoms with Gasteiger partial charge in [-0.15, -0.1) is 5.11 Å². The Hall–Kier alpha value is -3.81. The molecule has 0 N–H and O–H groups in total. The Morgan fingerprint density at radius 1 is 0.667 bits per heavy atom. The average Bonchev–Trinajstić information content (AvgIpc) is 2.88. The number of nitrogens with zero attached hydrogens (tertiary/aromatic N) is 2. The van der Waals surface area contributed by atoms with Crippen molar-refractivity contribution in [2.24, 2.45) is 10.2 Å². The lowest BCUT2D eigenvalue weighted by atomic mass is 10.2. The number of benzene rings is 4. The van der Waals surface area contributed by atoms with Crippen LogP contribution in [0, 0.1) is 0 Å². The van der Waals surface area contributed by atoms with Crippen molar-refractivity contribution in [1.29, 1.82) is 0 Å². The standard InChI is InChI=1S/C29H25N2OP/c1-24(32)29(31-30-26-16-8-3-9-17-26)33(27-18-10-4-11-19-27,28-20-12-5-13-21-28)23-22-25-14-6-2-7-15-25/h2-23H,1H3/b23-22+,31-30?. The molecule has 0 bridgehead atoms. The zero-order chi connectivity index (χ0) is 22.9. The number of ketones is 1. The molecule has 0 saturated heterocycles. The maximum absolute atomic E-state index is 13.2. The molecule has 4 aromatic carbocycles. The van der Waals surface area contributed by atoms with Crippen molar-refractivity contribution in [3.05, 3.63) is 133 Å². The highest BCUT2D eigenvalue weighted by molar-refractivity contribution is 7.93. The second-order valence-electron chi connectivity index (χ2n) is 7.54. The minimum Gasteiger partial charge on any atom is -0.293 e. The second-order valence-corrected chi connectivity index (χ2v) is 10.7. The number of hydrogen-bond acceptors (Lipinski definition) is 2. The zero-order valence-corrected chi connectivity index (χ0v) is 19.3. The maximum Gasteiger partial charge on any atom is 0.180 e. The summed E-state index contributed by atoms with van der Waals surface area (Å²) in [6.45, 7) is -0.964. The lowest BCUT2D eigenvalue weighted by molar-refractivity contribution is -0.111. The molecule has 0 spiro atoms. The van der Waals surface area contributed by atoms with Gasteiger partial charge < -0.3 is 0 Å². The van der Waals surface area contributed by atoms with Crippen LogP contribution in [0.2, 0.25) is 0 Å². The summed E-state index contributed by atoms with van der Waals surface area (Å²) < 4.78 is 0. The van der Waals surface area contributed by atoms with E-state index in [0.717, 1.165) is 16.2 Å². The monoisotopic (exact) mass is 448 g/mol. The summed E-state index contributed by atoms with van der Waals surface area (Å²) in [5, 5.41) is 11.2. The molecule has 0 saturated carbocycles. The molecule has 4 rings (SSSR count). The van der Waals surface area contributed by atoms with Crippen LogP contribution in [0.15, 0.2) is 137 Å². The Kier molecular flexibility index (Phi) is 7.24. The molecule has 33 heavy (non-hydrogen) atoms. The van der Waals surface area contributed by atoms with E-state index in [9.17, 15) is 4.79 Å². The van der Waals surface area contributed by atoms with Crippen LogP contribution < -0.4 is 10.6 Å². The number of hydrogen-bond donors (Lipinski definition) is 0. The Bertz CT molecular complexity index is 1270. The van der Waals surface area contributed by atoms with Gasteiger partial charge in [0.05, 0.1) is 5.69 Å². The van der Waals surface area contributed by atoms with Crippen LogP contribution in [0.5, 0.6) is 0 Å². The Labute approximate surface area is 195 Å². The predicted molar refractivity (Wildman–Crippen MR) is 141 cm³/mol. The highest BCUT2D eigenvalue weighted by atomic mass is 31.2. The molecular weight excluding hydrogens is 423 g/mol. The summed E-state index contributed by atoms with van der Waals surface area (Å²) in [5.74, 6) is 2.08. The minimum atomic E-state index is -2.54. The average molecular weight is 449 g/mol. The van der Waals surface area contributed by atoms with Gasteiger partial charge in [0.1, 0.15) is 5.42 Å². The summed E-state index contributed by atoms with van der Waals surface area (Å²) in [4.78, 5) is 13.2. The topological polar surface area (TPSA) is 41.8 Å². The Morgan fingerprint density at radius 3 is 1.61 bits per heavy atom. The van der Waals surface area contributed by atoms with E-state index in [1.807, 2.05) is 84.9 Å². The normalized spacial score (nSPS) is 11.7. The van der Waals surface area contributed by atoms with Gasteiger partial charge in [-0.25, -0.2) is 0 Å². The van der Waals surface area contributed by atoms with Crippen LogP contribution in [-0.2, 0) is 4.79 Å². The van der Waals surface area contributed by atoms with Gasteiger partial charge in [0.25, 0.3) is 0 Å². The quantitative estimate of drug-likeness (QED) is 0.226. The van der Waals surface area contributed by atoms with E-state index >= 15 is 0 Å². The van der Waals surface area contributed by atoms with Gasteiger partial charge in [-0.05, 0) is 34.1 Å². The zero-order valence-electron chi connectivity index (χ0n) is 18.5. The molecule has 0 atom stereocenters. The van der Waals surface area contributed by atoms with Crippen molar-refractivity contribution in [3.63, 3.8) is 0 Å². The van der Waals surface area contributed by atoms with E-state index in [1.54, 1.807) is 6.92 Å². The van der Waals surface area contributed by atoms with Crippen molar-refractivity contribution >= 4 is 40.5 Å². The number of carbonyl (C=O) groups excluding carboxylic acids is 1. The smallest absolute Gasteiger partial charge is 0.180 e. The fourth-order valence-electron chi connectivity index (χ4n) is 3.71. The second kappa shape index (κ2) is 10.7. The molecule has 0 radical (unpaired) electrons. The van der Waals surface area contributed by atoms with Gasteiger partial charge in [-0.1, -0.05) is 115 Å². The molecular formula is C29H25N2OP. The number of carbonyl (C=O) groups is 1. The fourth-order valence-corrected chi connectivity index (χ4v) is 7.35. The summed E-state index contributed by atoms with van der Waals surface area (Å²) in [5.41, 5.74) is 2.25. The van der Waals surface area contributed by atoms with Crippen LogP contribution in [-0.4, -0.2) is 11.2 Å². The van der Waals surface area contributed by atoms with Crippen molar-refractivity contribution in [2.75, 3.05) is 0 Å². The number of Topliss-reactive ketones (excluding diaryl/α,β-unsaturated/α-hetero) is 1. The number of azo groups is 1. The molecule has 0 aliphatic rings. The molecule has 0 amide bonds. The molecule has 3 nitrogen and oxygen atoms in total. The molecule has 0 unspecified atom stereocenters. The molecule has 0 heterocycles. The van der Waals surface area contributed by atoms with E-state index in [1.165, 1.54) is 0 Å². The minimum absolute atomic E-state index is 0.0894. The molecule has 0 aliphatic heterocycles. The van der Waals surface area contributed by atoms with Gasteiger partial charge in [-0.3, -0.25) is 4.79 Å². The largest absolute Gasteiger partial charge is 0.293 e. The van der Waals surface area contributed by atoms with Gasteiger partial charge >= 0.3 is 0 Å². The Balaban J connectivity index is 2.08. The number of rotatable bonds is 7. The highest BCUT2D eigenvalue weighted by Gasteiger charge is 2.28. The van der Waals surface area contributed by atoms with E-state index < -0.39 is 6.89 Å². The first kappa shape index (κ1) is 22.4. The lowest BCUT2D eigenvalue weighted by Gasteiger charge is -2.26. The summed E-state index contributed by atoms with van der Waals surface area (Å²) >= 11 is 0. The Morgan fingerprint density at radius 2 is 1.12 bits per heavy atom. The van der Waals surface area contributed by atoms with Crippen LogP contribution in [0.3, 0.4) is 0 Å². The van der Waals surface area contributed by atoms with Crippen molar-refractivity contribution in [2.45, 2.75) is 6.92 Å². The van der Waals surface area contributed by atoms with Gasteiger partial charge in [0.15, 0.2) is 5.78 Å². The van der Waals surface area contributed by atoms with Crippen LogP contribution in [0.1, 0.15) is 12.5 Å². The summed E-state index contributed by atoms with van der Waals surface area (Å²) in [7, 11) is 0. The van der Waals surface area contributed by atoms with Crippen molar-refractivity contribution in [1.82, 2.24) is 0 Å². The lowest BCUT2D eigenvalue weighted by Crippen LogP contribution is -2.23. The molecule has 4 heteroatoms. The molecule has 4 aromatic rings.